The van der Waals surface area contributed by atoms with Gasteiger partial charge in [-0.3, -0.25) is 4.68 Å². The molecule has 1 N–H and O–H groups in total. The van der Waals surface area contributed by atoms with Crippen LogP contribution in [0.15, 0.2) is 18.2 Å². The van der Waals surface area contributed by atoms with Gasteiger partial charge in [-0.25, -0.2) is 0 Å². The first-order valence-electron chi connectivity index (χ1n) is 7.57. The normalized spacial score (nSPS) is 13.2. The van der Waals surface area contributed by atoms with Crippen LogP contribution in [0.1, 0.15) is 26.5 Å². The standard InChI is InChI=1S/C16H18Cl2F3N3/c1-4-13-14(18)15(24(5-2)23-13)11-7-6-10(8-12(11)17)22-9(3)16(19,20)21/h6-9,22H,4-5H2,1-3H3/t9-/m1/s1. The molecule has 0 spiro atoms. The van der Waals surface area contributed by atoms with E-state index in [1.165, 1.54) is 6.07 Å². The smallest absolute Gasteiger partial charge is 0.374 e. The first kappa shape index (κ1) is 18.9. The van der Waals surface area contributed by atoms with E-state index < -0.39 is 12.2 Å². The molecule has 0 fully saturated rings. The van der Waals surface area contributed by atoms with Crippen molar-refractivity contribution in [3.05, 3.63) is 33.9 Å². The number of rotatable bonds is 5. The molecule has 24 heavy (non-hydrogen) atoms. The molecule has 2 rings (SSSR count). The van der Waals surface area contributed by atoms with Crippen LogP contribution in [0, 0.1) is 0 Å². The van der Waals surface area contributed by atoms with Gasteiger partial charge in [0, 0.05) is 17.8 Å². The van der Waals surface area contributed by atoms with E-state index in [1.807, 2.05) is 13.8 Å². The molecule has 132 valence electrons. The quantitative estimate of drug-likeness (QED) is 0.710. The SMILES string of the molecule is CCc1nn(CC)c(-c2ccc(N[C@H](C)C(F)(F)F)cc2Cl)c1Cl. The van der Waals surface area contributed by atoms with Crippen LogP contribution in [0.25, 0.3) is 11.3 Å². The number of nitrogens with zero attached hydrogens (tertiary/aromatic N) is 2. The molecule has 0 saturated heterocycles. The minimum Gasteiger partial charge on any atom is -0.374 e. The van der Waals surface area contributed by atoms with E-state index in [1.54, 1.807) is 16.8 Å². The molecule has 8 heteroatoms. The highest BCUT2D eigenvalue weighted by molar-refractivity contribution is 6.36. The van der Waals surface area contributed by atoms with Crippen molar-refractivity contribution in [1.29, 1.82) is 0 Å². The molecule has 0 unspecified atom stereocenters. The van der Waals surface area contributed by atoms with E-state index in [-0.39, 0.29) is 0 Å². The number of halogens is 5. The number of benzene rings is 1. The Morgan fingerprint density at radius 1 is 1.25 bits per heavy atom. The van der Waals surface area contributed by atoms with Crippen molar-refractivity contribution in [2.75, 3.05) is 5.32 Å². The third-order valence-electron chi connectivity index (χ3n) is 3.69. The summed E-state index contributed by atoms with van der Waals surface area (Å²) in [4.78, 5) is 0. The molecule has 0 saturated carbocycles. The maximum absolute atomic E-state index is 12.6. The van der Waals surface area contributed by atoms with Gasteiger partial charge in [-0.05, 0) is 38.5 Å². The summed E-state index contributed by atoms with van der Waals surface area (Å²) in [5.74, 6) is 0. The number of anilines is 1. The second-order valence-electron chi connectivity index (χ2n) is 5.38. The molecule has 2 aromatic rings. The number of aromatic nitrogens is 2. The predicted molar refractivity (Wildman–Crippen MR) is 91.9 cm³/mol. The fourth-order valence-electron chi connectivity index (χ4n) is 2.33. The number of nitrogens with one attached hydrogen (secondary N) is 1. The Balaban J connectivity index is 2.39. The zero-order valence-electron chi connectivity index (χ0n) is 13.5. The minimum atomic E-state index is -4.33. The van der Waals surface area contributed by atoms with Gasteiger partial charge >= 0.3 is 6.18 Å². The molecule has 1 aromatic carbocycles. The summed E-state index contributed by atoms with van der Waals surface area (Å²) in [6.45, 7) is 5.54. The molecule has 0 radical (unpaired) electrons. The molecular formula is C16H18Cl2F3N3. The van der Waals surface area contributed by atoms with Crippen LogP contribution in [0.2, 0.25) is 10.0 Å². The highest BCUT2D eigenvalue weighted by Crippen LogP contribution is 2.37. The number of alkyl halides is 3. The van der Waals surface area contributed by atoms with E-state index in [0.29, 0.717) is 40.0 Å². The Hall–Kier alpha value is -1.40. The molecular weight excluding hydrogens is 362 g/mol. The van der Waals surface area contributed by atoms with E-state index >= 15 is 0 Å². The Kier molecular flexibility index (Phi) is 5.71. The monoisotopic (exact) mass is 379 g/mol. The molecule has 1 atom stereocenters. The van der Waals surface area contributed by atoms with Crippen molar-refractivity contribution >= 4 is 28.9 Å². The van der Waals surface area contributed by atoms with Crippen molar-refractivity contribution in [1.82, 2.24) is 9.78 Å². The van der Waals surface area contributed by atoms with Gasteiger partial charge in [0.05, 0.1) is 21.4 Å². The molecule has 0 aliphatic heterocycles. The van der Waals surface area contributed by atoms with E-state index in [0.717, 1.165) is 12.6 Å². The van der Waals surface area contributed by atoms with Crippen LogP contribution in [0.3, 0.4) is 0 Å². The van der Waals surface area contributed by atoms with Crippen LogP contribution in [0.4, 0.5) is 18.9 Å². The third-order valence-corrected chi connectivity index (χ3v) is 4.40. The first-order chi connectivity index (χ1) is 11.2. The number of hydrogen-bond acceptors (Lipinski definition) is 2. The Morgan fingerprint density at radius 3 is 2.42 bits per heavy atom. The van der Waals surface area contributed by atoms with Crippen molar-refractivity contribution in [3.63, 3.8) is 0 Å². The lowest BCUT2D eigenvalue weighted by Gasteiger charge is -2.19. The summed E-state index contributed by atoms with van der Waals surface area (Å²) in [5.41, 5.74) is 2.37. The average molecular weight is 380 g/mol. The topological polar surface area (TPSA) is 29.9 Å². The van der Waals surface area contributed by atoms with Crippen LogP contribution in [-0.2, 0) is 13.0 Å². The molecule has 1 heterocycles. The zero-order chi connectivity index (χ0) is 18.1. The van der Waals surface area contributed by atoms with Crippen LogP contribution in [0.5, 0.6) is 0 Å². The van der Waals surface area contributed by atoms with Gasteiger partial charge in [0.15, 0.2) is 0 Å². The van der Waals surface area contributed by atoms with Gasteiger partial charge in [0.1, 0.15) is 6.04 Å². The molecule has 3 nitrogen and oxygen atoms in total. The molecule has 0 amide bonds. The zero-order valence-corrected chi connectivity index (χ0v) is 15.0. The van der Waals surface area contributed by atoms with E-state index in [9.17, 15) is 13.2 Å². The van der Waals surface area contributed by atoms with Crippen molar-refractivity contribution in [2.24, 2.45) is 0 Å². The second kappa shape index (κ2) is 7.23. The van der Waals surface area contributed by atoms with Gasteiger partial charge in [-0.2, -0.15) is 18.3 Å². The summed E-state index contributed by atoms with van der Waals surface area (Å²) >= 11 is 12.7. The number of hydrogen-bond donors (Lipinski definition) is 1. The minimum absolute atomic E-state index is 0.294. The lowest BCUT2D eigenvalue weighted by atomic mass is 10.1. The Labute approximate surface area is 148 Å². The molecule has 0 aliphatic carbocycles. The predicted octanol–water partition coefficient (Wildman–Crippen LogP) is 5.80. The summed E-state index contributed by atoms with van der Waals surface area (Å²) in [5, 5.41) is 7.66. The summed E-state index contributed by atoms with van der Waals surface area (Å²) in [6.07, 6.45) is -3.65. The second-order valence-corrected chi connectivity index (χ2v) is 6.17. The highest BCUT2D eigenvalue weighted by Gasteiger charge is 2.36. The summed E-state index contributed by atoms with van der Waals surface area (Å²) in [7, 11) is 0. The van der Waals surface area contributed by atoms with Gasteiger partial charge in [-0.1, -0.05) is 30.1 Å². The van der Waals surface area contributed by atoms with Gasteiger partial charge in [0.2, 0.25) is 0 Å². The molecule has 0 aliphatic rings. The largest absolute Gasteiger partial charge is 0.408 e. The lowest BCUT2D eigenvalue weighted by molar-refractivity contribution is -0.138. The lowest BCUT2D eigenvalue weighted by Crippen LogP contribution is -2.33. The molecule has 1 aromatic heterocycles. The van der Waals surface area contributed by atoms with Crippen LogP contribution < -0.4 is 5.32 Å². The van der Waals surface area contributed by atoms with Gasteiger partial charge in [0.25, 0.3) is 0 Å². The fraction of sp³-hybridized carbons (Fsp3) is 0.438. The first-order valence-corrected chi connectivity index (χ1v) is 8.32. The average Bonchev–Trinajstić information content (AvgIpc) is 2.82. The van der Waals surface area contributed by atoms with Gasteiger partial charge < -0.3 is 5.32 Å². The third kappa shape index (κ3) is 3.81. The highest BCUT2D eigenvalue weighted by atomic mass is 35.5. The van der Waals surface area contributed by atoms with Crippen molar-refractivity contribution < 1.29 is 13.2 Å². The van der Waals surface area contributed by atoms with Crippen molar-refractivity contribution in [2.45, 2.75) is 46.0 Å². The maximum Gasteiger partial charge on any atom is 0.408 e. The Morgan fingerprint density at radius 2 is 1.92 bits per heavy atom. The fourth-order valence-corrected chi connectivity index (χ4v) is 2.97. The van der Waals surface area contributed by atoms with Gasteiger partial charge in [-0.15, -0.1) is 0 Å². The van der Waals surface area contributed by atoms with Crippen LogP contribution in [-0.4, -0.2) is 22.0 Å². The summed E-state index contributed by atoms with van der Waals surface area (Å²) < 4.78 is 39.7. The van der Waals surface area contributed by atoms with E-state index in [4.69, 9.17) is 23.2 Å². The van der Waals surface area contributed by atoms with Crippen molar-refractivity contribution in [3.8, 4) is 11.3 Å². The maximum atomic E-state index is 12.6. The Bertz CT molecular complexity index is 726. The summed E-state index contributed by atoms with van der Waals surface area (Å²) in [6, 6.07) is 3.00. The van der Waals surface area contributed by atoms with E-state index in [2.05, 4.69) is 10.4 Å². The molecule has 0 bridgehead atoms. The number of aryl methyl sites for hydroxylation is 2. The van der Waals surface area contributed by atoms with Crippen LogP contribution >= 0.6 is 23.2 Å².